The van der Waals surface area contributed by atoms with Gasteiger partial charge in [0.1, 0.15) is 5.88 Å². The molecule has 0 spiro atoms. The van der Waals surface area contributed by atoms with Gasteiger partial charge in [0.25, 0.3) is 5.91 Å². The summed E-state index contributed by atoms with van der Waals surface area (Å²) < 4.78 is 21.0. The summed E-state index contributed by atoms with van der Waals surface area (Å²) >= 11 is -2.02. The van der Waals surface area contributed by atoms with Gasteiger partial charge >= 0.3 is 0 Å². The number of primary amides is 1. The minimum Gasteiger partial charge on any atom is -0.370 e. The summed E-state index contributed by atoms with van der Waals surface area (Å²) in [6.07, 6.45) is 3.13. The summed E-state index contributed by atoms with van der Waals surface area (Å²) in [5.41, 5.74) is 7.67. The monoisotopic (exact) mass is 357 g/mol. The summed E-state index contributed by atoms with van der Waals surface area (Å²) in [4.78, 5) is 16.0. The Balaban J connectivity index is 1.95. The first-order valence-electron chi connectivity index (χ1n) is 7.27. The molecule has 25 heavy (non-hydrogen) atoms. The van der Waals surface area contributed by atoms with Crippen LogP contribution in [0.5, 0.6) is 0 Å². The van der Waals surface area contributed by atoms with Gasteiger partial charge in [-0.3, -0.25) is 4.79 Å². The molecule has 0 radical (unpaired) electrons. The van der Waals surface area contributed by atoms with Gasteiger partial charge in [-0.1, -0.05) is 30.3 Å². The van der Waals surface area contributed by atoms with Crippen LogP contribution in [0, 0.1) is 0 Å². The molecule has 1 amide bonds. The van der Waals surface area contributed by atoms with E-state index in [2.05, 4.69) is 15.4 Å². The van der Waals surface area contributed by atoms with Gasteiger partial charge in [-0.25, -0.2) is 13.9 Å². The number of anilines is 1. The maximum Gasteiger partial charge on any atom is 0.252 e. The molecule has 3 aromatic rings. The lowest BCUT2D eigenvalue weighted by atomic mass is 10.2. The molecule has 0 fully saturated rings. The number of amides is 1. The quantitative estimate of drug-likeness (QED) is 0.576. The highest BCUT2D eigenvalue weighted by molar-refractivity contribution is 7.79. The van der Waals surface area contributed by atoms with E-state index in [1.54, 1.807) is 6.20 Å². The zero-order valence-electron chi connectivity index (χ0n) is 13.0. The first kappa shape index (κ1) is 16.8. The number of carbonyl (C=O) groups excluding carboxylic acids is 1. The van der Waals surface area contributed by atoms with Crippen LogP contribution in [0.3, 0.4) is 0 Å². The van der Waals surface area contributed by atoms with Crippen molar-refractivity contribution in [3.63, 3.8) is 0 Å². The molecule has 2 aromatic heterocycles. The molecule has 2 heterocycles. The molecule has 0 saturated heterocycles. The van der Waals surface area contributed by atoms with E-state index in [1.807, 2.05) is 36.4 Å². The van der Waals surface area contributed by atoms with Crippen LogP contribution in [0.25, 0.3) is 17.1 Å². The fraction of sp³-hybridized carbons (Fsp3) is 0.0625. The minimum absolute atomic E-state index is 0.149. The van der Waals surface area contributed by atoms with Crippen molar-refractivity contribution in [3.8, 4) is 17.1 Å². The van der Waals surface area contributed by atoms with Gasteiger partial charge in [0.05, 0.1) is 23.1 Å². The molecular formula is C16H15N5O3S. The largest absolute Gasteiger partial charge is 0.370 e. The predicted molar refractivity (Wildman–Crippen MR) is 94.6 cm³/mol. The third kappa shape index (κ3) is 3.90. The number of nitrogens with zero attached hydrogens (tertiary/aromatic N) is 3. The zero-order valence-corrected chi connectivity index (χ0v) is 13.8. The third-order valence-electron chi connectivity index (χ3n) is 3.41. The van der Waals surface area contributed by atoms with E-state index in [0.717, 1.165) is 11.3 Å². The molecule has 8 nitrogen and oxygen atoms in total. The van der Waals surface area contributed by atoms with Crippen molar-refractivity contribution in [1.82, 2.24) is 14.8 Å². The van der Waals surface area contributed by atoms with E-state index in [0.29, 0.717) is 5.69 Å². The molecule has 9 heteroatoms. The smallest absolute Gasteiger partial charge is 0.252 e. The normalized spacial score (nSPS) is 11.9. The number of nitrogens with two attached hydrogens (primary N) is 1. The van der Waals surface area contributed by atoms with Crippen LogP contribution in [0.4, 0.5) is 5.69 Å². The number of hydrogen-bond acceptors (Lipinski definition) is 5. The van der Waals surface area contributed by atoms with Crippen LogP contribution in [0.2, 0.25) is 0 Å². The summed E-state index contributed by atoms with van der Waals surface area (Å²) in [5.74, 6) is -0.572. The second-order valence-electron chi connectivity index (χ2n) is 5.11. The molecule has 4 N–H and O–H groups in total. The average Bonchev–Trinajstić information content (AvgIpc) is 3.10. The molecule has 1 atom stereocenters. The lowest BCUT2D eigenvalue weighted by Gasteiger charge is -2.09. The van der Waals surface area contributed by atoms with Crippen LogP contribution in [0.15, 0.2) is 54.9 Å². The third-order valence-corrected chi connectivity index (χ3v) is 3.80. The van der Waals surface area contributed by atoms with Crippen molar-refractivity contribution in [3.05, 3.63) is 60.4 Å². The van der Waals surface area contributed by atoms with Crippen molar-refractivity contribution in [1.29, 1.82) is 0 Å². The Morgan fingerprint density at radius 2 is 2.04 bits per heavy atom. The van der Waals surface area contributed by atoms with Crippen molar-refractivity contribution in [2.24, 2.45) is 5.73 Å². The van der Waals surface area contributed by atoms with E-state index < -0.39 is 17.0 Å². The number of carbonyl (C=O) groups is 1. The Morgan fingerprint density at radius 3 is 2.72 bits per heavy atom. The standard InChI is InChI=1S/C16H15N5O3S/c17-15(22)13-8-12(19-10-25(23)24)9-18-16(13)21-7-6-14(20-21)11-4-2-1-3-5-11/h1-9,19H,10H2,(H2,17,22)(H,23,24). The Kier molecular flexibility index (Phi) is 4.87. The number of nitrogens with one attached hydrogen (secondary N) is 1. The Labute approximate surface area is 146 Å². The van der Waals surface area contributed by atoms with Gasteiger partial charge in [0.15, 0.2) is 16.9 Å². The SMILES string of the molecule is NC(=O)c1cc(NCS(=O)O)cnc1-n1ccc(-c2ccccc2)n1. The number of rotatable bonds is 6. The van der Waals surface area contributed by atoms with E-state index in [1.165, 1.54) is 16.9 Å². The highest BCUT2D eigenvalue weighted by Gasteiger charge is 2.14. The van der Waals surface area contributed by atoms with Crippen molar-refractivity contribution in [2.45, 2.75) is 0 Å². The number of aromatic nitrogens is 3. The first-order valence-corrected chi connectivity index (χ1v) is 8.55. The van der Waals surface area contributed by atoms with Gasteiger partial charge in [0.2, 0.25) is 0 Å². The molecule has 0 aliphatic rings. The lowest BCUT2D eigenvalue weighted by molar-refractivity contribution is 0.1000. The van der Waals surface area contributed by atoms with Crippen LogP contribution >= 0.6 is 0 Å². The molecule has 0 aliphatic carbocycles. The molecule has 1 aromatic carbocycles. The molecule has 0 bridgehead atoms. The van der Waals surface area contributed by atoms with E-state index in [4.69, 9.17) is 10.3 Å². The summed E-state index contributed by atoms with van der Waals surface area (Å²) in [7, 11) is 0. The van der Waals surface area contributed by atoms with Gasteiger partial charge < -0.3 is 15.6 Å². The van der Waals surface area contributed by atoms with E-state index in [-0.39, 0.29) is 17.3 Å². The summed E-state index contributed by atoms with van der Waals surface area (Å²) in [6, 6.07) is 12.9. The highest BCUT2D eigenvalue weighted by atomic mass is 32.2. The number of benzene rings is 1. The maximum absolute atomic E-state index is 11.8. The van der Waals surface area contributed by atoms with E-state index >= 15 is 0 Å². The second kappa shape index (κ2) is 7.24. The molecule has 3 rings (SSSR count). The van der Waals surface area contributed by atoms with Crippen molar-refractivity contribution >= 4 is 22.7 Å². The average molecular weight is 357 g/mol. The number of hydrogen-bond donors (Lipinski definition) is 3. The van der Waals surface area contributed by atoms with Gasteiger partial charge in [0, 0.05) is 11.8 Å². The predicted octanol–water partition coefficient (Wildman–Crippen LogP) is 1.62. The molecule has 0 saturated carbocycles. The first-order chi connectivity index (χ1) is 12.0. The van der Waals surface area contributed by atoms with Gasteiger partial charge in [-0.2, -0.15) is 5.10 Å². The van der Waals surface area contributed by atoms with Gasteiger partial charge in [-0.15, -0.1) is 0 Å². The number of pyridine rings is 1. The van der Waals surface area contributed by atoms with E-state index in [9.17, 15) is 9.00 Å². The Morgan fingerprint density at radius 1 is 1.28 bits per heavy atom. The Hall–Kier alpha value is -3.04. The summed E-state index contributed by atoms with van der Waals surface area (Å²) in [5, 5.41) is 7.13. The Bertz CT molecular complexity index is 927. The zero-order chi connectivity index (χ0) is 17.8. The molecule has 0 aliphatic heterocycles. The highest BCUT2D eigenvalue weighted by Crippen LogP contribution is 2.20. The molecule has 1 unspecified atom stereocenters. The summed E-state index contributed by atoms with van der Waals surface area (Å²) in [6.45, 7) is 0. The molecular weight excluding hydrogens is 342 g/mol. The fourth-order valence-electron chi connectivity index (χ4n) is 2.27. The topological polar surface area (TPSA) is 123 Å². The maximum atomic E-state index is 11.8. The lowest BCUT2D eigenvalue weighted by Crippen LogP contribution is -2.17. The minimum atomic E-state index is -2.02. The van der Waals surface area contributed by atoms with Gasteiger partial charge in [-0.05, 0) is 12.1 Å². The molecule has 128 valence electrons. The van der Waals surface area contributed by atoms with Crippen LogP contribution in [-0.2, 0) is 11.1 Å². The fourth-order valence-corrected chi connectivity index (χ4v) is 2.56. The van der Waals surface area contributed by atoms with Crippen LogP contribution < -0.4 is 11.1 Å². The van der Waals surface area contributed by atoms with Crippen LogP contribution in [0.1, 0.15) is 10.4 Å². The van der Waals surface area contributed by atoms with Crippen molar-refractivity contribution in [2.75, 3.05) is 11.2 Å². The van der Waals surface area contributed by atoms with Crippen molar-refractivity contribution < 1.29 is 13.6 Å². The second-order valence-corrected chi connectivity index (χ2v) is 6.05. The van der Waals surface area contributed by atoms with Crippen LogP contribution in [-0.4, -0.2) is 35.3 Å².